The zero-order valence-electron chi connectivity index (χ0n) is 18.6. The molecular weight excluding hydrogens is 478 g/mol. The van der Waals surface area contributed by atoms with Crippen LogP contribution in [0.25, 0.3) is 11.8 Å². The van der Waals surface area contributed by atoms with Gasteiger partial charge >= 0.3 is 0 Å². The molecule has 0 aliphatic carbocycles. The van der Waals surface area contributed by atoms with E-state index in [-0.39, 0.29) is 23.4 Å². The SMILES string of the molecule is COc1ccc([N+](=O)[O-])cc1-n1c(C)cc(/C=C2/SC(=O)N(Cc3ccc(Cl)cc3)C2=O)c1C. The van der Waals surface area contributed by atoms with E-state index in [9.17, 15) is 19.7 Å². The monoisotopic (exact) mass is 497 g/mol. The van der Waals surface area contributed by atoms with Crippen molar-refractivity contribution in [3.8, 4) is 11.4 Å². The third-order valence-electron chi connectivity index (χ3n) is 5.50. The predicted molar refractivity (Wildman–Crippen MR) is 131 cm³/mol. The Bertz CT molecular complexity index is 1350. The minimum Gasteiger partial charge on any atom is -0.495 e. The largest absolute Gasteiger partial charge is 0.495 e. The van der Waals surface area contributed by atoms with Crippen LogP contribution in [0.5, 0.6) is 5.75 Å². The van der Waals surface area contributed by atoms with Gasteiger partial charge in [0.2, 0.25) is 0 Å². The smallest absolute Gasteiger partial charge is 0.293 e. The maximum absolute atomic E-state index is 13.0. The number of carbonyl (C=O) groups is 2. The Morgan fingerprint density at radius 1 is 1.12 bits per heavy atom. The fraction of sp³-hybridized carbons (Fsp3) is 0.167. The number of methoxy groups -OCH3 is 1. The van der Waals surface area contributed by atoms with Crippen molar-refractivity contribution in [1.29, 1.82) is 0 Å². The minimum absolute atomic E-state index is 0.0619. The maximum atomic E-state index is 13.0. The molecule has 2 heterocycles. The number of imide groups is 1. The van der Waals surface area contributed by atoms with Crippen LogP contribution in [0.1, 0.15) is 22.5 Å². The van der Waals surface area contributed by atoms with Gasteiger partial charge in [0.05, 0.1) is 29.2 Å². The van der Waals surface area contributed by atoms with Crippen molar-refractivity contribution in [2.45, 2.75) is 20.4 Å². The lowest BCUT2D eigenvalue weighted by Gasteiger charge is -2.14. The Balaban J connectivity index is 1.68. The fourth-order valence-electron chi connectivity index (χ4n) is 3.82. The highest BCUT2D eigenvalue weighted by atomic mass is 35.5. The highest BCUT2D eigenvalue weighted by Crippen LogP contribution is 2.36. The molecule has 0 spiro atoms. The summed E-state index contributed by atoms with van der Waals surface area (Å²) >= 11 is 6.79. The molecular formula is C24H20ClN3O5S. The molecule has 1 aliphatic rings. The molecule has 8 nitrogen and oxygen atoms in total. The second-order valence-electron chi connectivity index (χ2n) is 7.67. The molecule has 1 aromatic heterocycles. The Hall–Kier alpha value is -3.56. The normalized spacial score (nSPS) is 14.8. The summed E-state index contributed by atoms with van der Waals surface area (Å²) in [6, 6.07) is 13.2. The van der Waals surface area contributed by atoms with Gasteiger partial charge in [0.25, 0.3) is 16.8 Å². The maximum Gasteiger partial charge on any atom is 0.293 e. The van der Waals surface area contributed by atoms with E-state index >= 15 is 0 Å². The third-order valence-corrected chi connectivity index (χ3v) is 6.66. The standard InChI is InChI=1S/C24H20ClN3O5S/c1-14-10-17(15(2)27(14)20-12-19(28(31)32)8-9-21(20)33-3)11-22-23(29)26(24(30)34-22)13-16-4-6-18(25)7-5-16/h4-12H,13H2,1-3H3/b22-11+. The van der Waals surface area contributed by atoms with Gasteiger partial charge in [0.15, 0.2) is 0 Å². The number of aryl methyl sites for hydroxylation is 1. The summed E-state index contributed by atoms with van der Waals surface area (Å²) < 4.78 is 7.25. The van der Waals surface area contributed by atoms with Crippen LogP contribution in [0.15, 0.2) is 53.4 Å². The number of rotatable bonds is 6. The Kier molecular flexibility index (Phi) is 6.49. The van der Waals surface area contributed by atoms with E-state index in [1.54, 1.807) is 36.4 Å². The molecule has 4 rings (SSSR count). The number of thioether (sulfide) groups is 1. The molecule has 0 saturated carbocycles. The molecule has 0 bridgehead atoms. The van der Waals surface area contributed by atoms with Crippen molar-refractivity contribution >= 4 is 46.3 Å². The van der Waals surface area contributed by atoms with Gasteiger partial charge in [0.1, 0.15) is 5.75 Å². The number of benzene rings is 2. The average molecular weight is 498 g/mol. The molecule has 0 radical (unpaired) electrons. The molecule has 1 fully saturated rings. The van der Waals surface area contributed by atoms with E-state index in [2.05, 4.69) is 0 Å². The first-order chi connectivity index (χ1) is 16.2. The number of hydrogen-bond donors (Lipinski definition) is 0. The van der Waals surface area contributed by atoms with E-state index in [0.29, 0.717) is 21.4 Å². The lowest BCUT2D eigenvalue weighted by molar-refractivity contribution is -0.384. The molecule has 2 amide bonds. The van der Waals surface area contributed by atoms with Crippen LogP contribution in [-0.4, -0.2) is 32.6 Å². The molecule has 174 valence electrons. The van der Waals surface area contributed by atoms with Crippen LogP contribution in [0.2, 0.25) is 5.02 Å². The van der Waals surface area contributed by atoms with Gasteiger partial charge < -0.3 is 9.30 Å². The van der Waals surface area contributed by atoms with Gasteiger partial charge in [-0.2, -0.15) is 0 Å². The highest BCUT2D eigenvalue weighted by molar-refractivity contribution is 8.18. The van der Waals surface area contributed by atoms with E-state index in [0.717, 1.165) is 34.3 Å². The second kappa shape index (κ2) is 9.36. The average Bonchev–Trinajstić information content (AvgIpc) is 3.23. The first-order valence-corrected chi connectivity index (χ1v) is 11.4. The van der Waals surface area contributed by atoms with Crippen LogP contribution in [0.4, 0.5) is 10.5 Å². The van der Waals surface area contributed by atoms with Crippen molar-refractivity contribution in [2.24, 2.45) is 0 Å². The van der Waals surface area contributed by atoms with E-state index in [4.69, 9.17) is 16.3 Å². The van der Waals surface area contributed by atoms with Crippen LogP contribution in [0, 0.1) is 24.0 Å². The van der Waals surface area contributed by atoms with Gasteiger partial charge in [-0.25, -0.2) is 0 Å². The molecule has 2 aromatic carbocycles. The van der Waals surface area contributed by atoms with Crippen LogP contribution in [0.3, 0.4) is 0 Å². The minimum atomic E-state index is -0.464. The number of nitro benzene ring substituents is 1. The molecule has 34 heavy (non-hydrogen) atoms. The number of carbonyl (C=O) groups excluding carboxylic acids is 2. The number of ether oxygens (including phenoxy) is 1. The van der Waals surface area contributed by atoms with E-state index in [1.165, 1.54) is 24.1 Å². The summed E-state index contributed by atoms with van der Waals surface area (Å²) in [7, 11) is 1.50. The number of halogens is 1. The predicted octanol–water partition coefficient (Wildman–Crippen LogP) is 5.90. The summed E-state index contributed by atoms with van der Waals surface area (Å²) in [5.74, 6) is 0.102. The third kappa shape index (κ3) is 4.44. The van der Waals surface area contributed by atoms with Gasteiger partial charge in [-0.1, -0.05) is 23.7 Å². The molecule has 0 atom stereocenters. The van der Waals surface area contributed by atoms with Gasteiger partial charge in [-0.05, 0) is 67.1 Å². The van der Waals surface area contributed by atoms with Crippen molar-refractivity contribution < 1.29 is 19.2 Å². The Morgan fingerprint density at radius 2 is 1.82 bits per heavy atom. The number of hydrogen-bond acceptors (Lipinski definition) is 6. The summed E-state index contributed by atoms with van der Waals surface area (Å²) in [4.78, 5) is 37.8. The van der Waals surface area contributed by atoms with Gasteiger partial charge in [-0.15, -0.1) is 0 Å². The first kappa shape index (κ1) is 23.6. The molecule has 10 heteroatoms. The molecule has 0 unspecified atom stereocenters. The number of aromatic nitrogens is 1. The summed E-state index contributed by atoms with van der Waals surface area (Å²) in [5, 5.41) is 11.5. The first-order valence-electron chi connectivity index (χ1n) is 10.2. The van der Waals surface area contributed by atoms with Crippen molar-refractivity contribution in [1.82, 2.24) is 9.47 Å². The van der Waals surface area contributed by atoms with E-state index < -0.39 is 4.92 Å². The fourth-order valence-corrected chi connectivity index (χ4v) is 4.78. The molecule has 1 saturated heterocycles. The van der Waals surface area contributed by atoms with Gasteiger partial charge in [-0.3, -0.25) is 24.6 Å². The zero-order valence-corrected chi connectivity index (χ0v) is 20.1. The quantitative estimate of drug-likeness (QED) is 0.239. The van der Waals surface area contributed by atoms with E-state index in [1.807, 2.05) is 24.5 Å². The molecule has 1 aliphatic heterocycles. The second-order valence-corrected chi connectivity index (χ2v) is 9.10. The van der Waals surface area contributed by atoms with Crippen molar-refractivity contribution in [3.63, 3.8) is 0 Å². The number of nitrogens with zero attached hydrogens (tertiary/aromatic N) is 3. The van der Waals surface area contributed by atoms with Crippen molar-refractivity contribution in [2.75, 3.05) is 7.11 Å². The Morgan fingerprint density at radius 3 is 2.47 bits per heavy atom. The molecule has 0 N–H and O–H groups in total. The lowest BCUT2D eigenvalue weighted by atomic mass is 10.2. The number of nitro groups is 1. The zero-order chi connectivity index (χ0) is 24.6. The topological polar surface area (TPSA) is 94.7 Å². The van der Waals surface area contributed by atoms with Gasteiger partial charge in [0, 0.05) is 28.5 Å². The van der Waals surface area contributed by atoms with Crippen LogP contribution < -0.4 is 4.74 Å². The Labute approximate surface area is 204 Å². The van der Waals surface area contributed by atoms with Crippen molar-refractivity contribution in [3.05, 3.63) is 91.1 Å². The summed E-state index contributed by atoms with van der Waals surface area (Å²) in [6.45, 7) is 3.85. The highest BCUT2D eigenvalue weighted by Gasteiger charge is 2.35. The van der Waals surface area contributed by atoms with Crippen LogP contribution >= 0.6 is 23.4 Å². The van der Waals surface area contributed by atoms with Crippen LogP contribution in [-0.2, 0) is 11.3 Å². The summed E-state index contributed by atoms with van der Waals surface area (Å²) in [6.07, 6.45) is 1.68. The number of non-ortho nitro benzene ring substituents is 1. The number of amides is 2. The lowest BCUT2D eigenvalue weighted by Crippen LogP contribution is -2.27. The summed E-state index contributed by atoms with van der Waals surface area (Å²) in [5.41, 5.74) is 3.52. The molecule has 3 aromatic rings.